The maximum Gasteiger partial charge on any atom is 0.239 e. The number of furan rings is 1. The lowest BCUT2D eigenvalue weighted by molar-refractivity contribution is -0.132. The third kappa shape index (κ3) is 4.80. The highest BCUT2D eigenvalue weighted by atomic mass is 79.9. The topological polar surface area (TPSA) is 68.7 Å². The number of ether oxygens (including phenoxy) is 1. The van der Waals surface area contributed by atoms with Gasteiger partial charge in [-0.05, 0) is 40.9 Å². The van der Waals surface area contributed by atoms with Crippen molar-refractivity contribution in [3.8, 4) is 0 Å². The molecule has 0 fully saturated rings. The van der Waals surface area contributed by atoms with Crippen LogP contribution < -0.4 is 5.73 Å². The zero-order valence-electron chi connectivity index (χ0n) is 10.7. The molecule has 0 spiro atoms. The molecular weight excluding hydrogens is 300 g/mol. The normalized spacial score (nSPS) is 12.4. The van der Waals surface area contributed by atoms with Gasteiger partial charge in [0.05, 0.1) is 12.6 Å². The Hall–Kier alpha value is -0.850. The largest absolute Gasteiger partial charge is 0.452 e. The van der Waals surface area contributed by atoms with E-state index >= 15 is 0 Å². The van der Waals surface area contributed by atoms with E-state index in [1.54, 1.807) is 25.1 Å². The maximum absolute atomic E-state index is 12.0. The van der Waals surface area contributed by atoms with Crippen molar-refractivity contribution in [3.05, 3.63) is 22.6 Å². The van der Waals surface area contributed by atoms with Crippen LogP contribution in [0.1, 0.15) is 18.6 Å². The molecule has 1 aromatic heterocycles. The van der Waals surface area contributed by atoms with Crippen molar-refractivity contribution in [1.82, 2.24) is 4.90 Å². The number of carbonyl (C=O) groups is 1. The molecule has 1 rings (SSSR count). The minimum absolute atomic E-state index is 0.0846. The average molecular weight is 319 g/mol. The molecule has 5 nitrogen and oxygen atoms in total. The molecule has 0 bridgehead atoms. The highest BCUT2D eigenvalue weighted by Gasteiger charge is 2.18. The van der Waals surface area contributed by atoms with E-state index in [-0.39, 0.29) is 5.91 Å². The molecule has 2 N–H and O–H groups in total. The van der Waals surface area contributed by atoms with Gasteiger partial charge in [0.2, 0.25) is 5.91 Å². The van der Waals surface area contributed by atoms with Crippen LogP contribution in [0, 0.1) is 0 Å². The maximum atomic E-state index is 12.0. The van der Waals surface area contributed by atoms with E-state index in [0.29, 0.717) is 24.2 Å². The van der Waals surface area contributed by atoms with Gasteiger partial charge >= 0.3 is 0 Å². The lowest BCUT2D eigenvalue weighted by atomic mass is 10.1. The summed E-state index contributed by atoms with van der Waals surface area (Å²) in [5.41, 5.74) is 5.83. The fraction of sp³-hybridized carbons (Fsp3) is 0.583. The second-order valence-electron chi connectivity index (χ2n) is 4.14. The highest BCUT2D eigenvalue weighted by Crippen LogP contribution is 2.15. The van der Waals surface area contributed by atoms with Crippen LogP contribution in [0.4, 0.5) is 0 Å². The van der Waals surface area contributed by atoms with Gasteiger partial charge in [0.25, 0.3) is 0 Å². The summed E-state index contributed by atoms with van der Waals surface area (Å²) in [6.07, 6.45) is 1.41. The Balaban J connectivity index is 2.40. The second kappa shape index (κ2) is 7.56. The fourth-order valence-corrected chi connectivity index (χ4v) is 1.94. The van der Waals surface area contributed by atoms with Crippen LogP contribution >= 0.6 is 15.9 Å². The third-order valence-electron chi connectivity index (χ3n) is 2.58. The molecule has 0 radical (unpaired) electrons. The quantitative estimate of drug-likeness (QED) is 0.778. The SMILES string of the molecule is COCCCC(N)C(=O)N(C)Cc1ccc(Br)o1. The zero-order valence-corrected chi connectivity index (χ0v) is 12.3. The Kier molecular flexibility index (Phi) is 6.38. The zero-order chi connectivity index (χ0) is 13.5. The Labute approximate surface area is 115 Å². The van der Waals surface area contributed by atoms with Crippen LogP contribution in [0.3, 0.4) is 0 Å². The Morgan fingerprint density at radius 2 is 2.33 bits per heavy atom. The van der Waals surface area contributed by atoms with Crippen molar-refractivity contribution in [2.24, 2.45) is 5.73 Å². The summed E-state index contributed by atoms with van der Waals surface area (Å²) >= 11 is 3.22. The second-order valence-corrected chi connectivity index (χ2v) is 4.92. The van der Waals surface area contributed by atoms with E-state index in [9.17, 15) is 4.79 Å². The number of rotatable bonds is 7. The smallest absolute Gasteiger partial charge is 0.239 e. The van der Waals surface area contributed by atoms with Crippen LogP contribution in [-0.4, -0.2) is 37.6 Å². The molecular formula is C12H19BrN2O3. The lowest BCUT2D eigenvalue weighted by Gasteiger charge is -2.20. The predicted octanol–water partition coefficient (Wildman–Crippen LogP) is 1.75. The van der Waals surface area contributed by atoms with E-state index in [0.717, 1.165) is 12.2 Å². The third-order valence-corrected chi connectivity index (χ3v) is 3.01. The van der Waals surface area contributed by atoms with Gasteiger partial charge in [0.15, 0.2) is 4.67 Å². The number of hydrogen-bond donors (Lipinski definition) is 1. The molecule has 1 atom stereocenters. The number of halogens is 1. The number of carbonyl (C=O) groups excluding carboxylic acids is 1. The number of likely N-dealkylation sites (N-methyl/N-ethyl adjacent to an activating group) is 1. The first-order valence-corrected chi connectivity index (χ1v) is 6.57. The molecule has 102 valence electrons. The first kappa shape index (κ1) is 15.2. The minimum atomic E-state index is -0.483. The molecule has 0 aliphatic heterocycles. The van der Waals surface area contributed by atoms with Crippen LogP contribution in [0.2, 0.25) is 0 Å². The summed E-state index contributed by atoms with van der Waals surface area (Å²) in [5, 5.41) is 0. The Morgan fingerprint density at radius 1 is 1.61 bits per heavy atom. The number of amides is 1. The molecule has 1 heterocycles. The van der Waals surface area contributed by atoms with E-state index in [2.05, 4.69) is 15.9 Å². The Morgan fingerprint density at radius 3 is 2.89 bits per heavy atom. The van der Waals surface area contributed by atoms with Crippen molar-refractivity contribution in [2.75, 3.05) is 20.8 Å². The van der Waals surface area contributed by atoms with Gasteiger partial charge in [0.1, 0.15) is 5.76 Å². The van der Waals surface area contributed by atoms with Gasteiger partial charge in [-0.3, -0.25) is 4.79 Å². The van der Waals surface area contributed by atoms with Crippen molar-refractivity contribution in [3.63, 3.8) is 0 Å². The first-order chi connectivity index (χ1) is 8.54. The average Bonchev–Trinajstić information content (AvgIpc) is 2.73. The van der Waals surface area contributed by atoms with Crippen molar-refractivity contribution >= 4 is 21.8 Å². The van der Waals surface area contributed by atoms with Crippen LogP contribution in [0.5, 0.6) is 0 Å². The molecule has 1 aromatic rings. The molecule has 6 heteroatoms. The monoisotopic (exact) mass is 318 g/mol. The molecule has 0 aliphatic rings. The van der Waals surface area contributed by atoms with Gasteiger partial charge < -0.3 is 19.8 Å². The number of methoxy groups -OCH3 is 1. The molecule has 0 saturated carbocycles. The van der Waals surface area contributed by atoms with E-state index in [4.69, 9.17) is 14.9 Å². The molecule has 18 heavy (non-hydrogen) atoms. The fourth-order valence-electron chi connectivity index (χ4n) is 1.60. The van der Waals surface area contributed by atoms with Gasteiger partial charge in [-0.15, -0.1) is 0 Å². The van der Waals surface area contributed by atoms with Crippen LogP contribution in [0.15, 0.2) is 21.2 Å². The number of nitrogens with two attached hydrogens (primary N) is 1. The number of nitrogens with zero attached hydrogens (tertiary/aromatic N) is 1. The Bertz CT molecular complexity index is 381. The minimum Gasteiger partial charge on any atom is -0.452 e. The molecule has 1 amide bonds. The van der Waals surface area contributed by atoms with Gasteiger partial charge in [-0.2, -0.15) is 0 Å². The van der Waals surface area contributed by atoms with Crippen molar-refractivity contribution < 1.29 is 13.9 Å². The summed E-state index contributed by atoms with van der Waals surface area (Å²) in [7, 11) is 3.35. The number of hydrogen-bond acceptors (Lipinski definition) is 4. The molecule has 0 saturated heterocycles. The summed E-state index contributed by atoms with van der Waals surface area (Å²) in [5.74, 6) is 0.639. The lowest BCUT2D eigenvalue weighted by Crippen LogP contribution is -2.41. The van der Waals surface area contributed by atoms with Crippen LogP contribution in [0.25, 0.3) is 0 Å². The van der Waals surface area contributed by atoms with Crippen molar-refractivity contribution in [2.45, 2.75) is 25.4 Å². The van der Waals surface area contributed by atoms with Gasteiger partial charge in [0, 0.05) is 20.8 Å². The summed E-state index contributed by atoms with van der Waals surface area (Å²) in [6.45, 7) is 1.04. The van der Waals surface area contributed by atoms with Gasteiger partial charge in [-0.1, -0.05) is 0 Å². The van der Waals surface area contributed by atoms with Crippen molar-refractivity contribution in [1.29, 1.82) is 0 Å². The summed E-state index contributed by atoms with van der Waals surface area (Å²) in [6, 6.07) is 3.14. The predicted molar refractivity (Wildman–Crippen MR) is 72.0 cm³/mol. The summed E-state index contributed by atoms with van der Waals surface area (Å²) in [4.78, 5) is 13.5. The molecule has 0 aromatic carbocycles. The first-order valence-electron chi connectivity index (χ1n) is 5.78. The van der Waals surface area contributed by atoms with E-state index in [1.165, 1.54) is 0 Å². The summed E-state index contributed by atoms with van der Waals surface area (Å²) < 4.78 is 10.9. The highest BCUT2D eigenvalue weighted by molar-refractivity contribution is 9.10. The van der Waals surface area contributed by atoms with Crippen LogP contribution in [-0.2, 0) is 16.1 Å². The van der Waals surface area contributed by atoms with E-state index < -0.39 is 6.04 Å². The van der Waals surface area contributed by atoms with E-state index in [1.807, 2.05) is 6.07 Å². The molecule has 1 unspecified atom stereocenters. The molecule has 0 aliphatic carbocycles. The van der Waals surface area contributed by atoms with Gasteiger partial charge in [-0.25, -0.2) is 0 Å². The standard InChI is InChI=1S/C12H19BrN2O3/c1-15(8-9-5-6-11(13)18-9)12(16)10(14)4-3-7-17-2/h5-6,10H,3-4,7-8,14H2,1-2H3.